The van der Waals surface area contributed by atoms with Crippen LogP contribution in [0.1, 0.15) is 54.5 Å². The van der Waals surface area contributed by atoms with Gasteiger partial charge in [-0.25, -0.2) is 14.8 Å². The Bertz CT molecular complexity index is 444. The van der Waals surface area contributed by atoms with Gasteiger partial charge in [-0.1, -0.05) is 0 Å². The molecule has 19 heavy (non-hydrogen) atoms. The van der Waals surface area contributed by atoms with Crippen LogP contribution in [-0.2, 0) is 15.9 Å². The van der Waals surface area contributed by atoms with Crippen LogP contribution in [0, 0.1) is 0 Å². The second-order valence-electron chi connectivity index (χ2n) is 4.53. The number of carbonyl (C=O) groups is 1. The SMILES string of the molecule is CCOCCc1ncc(C(=O)OCC)c(C2CC2)n1. The number of hydrogen-bond donors (Lipinski definition) is 0. The van der Waals surface area contributed by atoms with Gasteiger partial charge in [0.2, 0.25) is 0 Å². The van der Waals surface area contributed by atoms with Gasteiger partial charge in [-0.3, -0.25) is 0 Å². The first-order valence-corrected chi connectivity index (χ1v) is 6.86. The molecule has 5 nitrogen and oxygen atoms in total. The monoisotopic (exact) mass is 264 g/mol. The Morgan fingerprint density at radius 1 is 1.37 bits per heavy atom. The third-order valence-corrected chi connectivity index (χ3v) is 3.00. The van der Waals surface area contributed by atoms with Gasteiger partial charge in [0.05, 0.1) is 24.5 Å². The molecule has 1 aromatic rings. The maximum Gasteiger partial charge on any atom is 0.341 e. The van der Waals surface area contributed by atoms with Crippen molar-refractivity contribution in [3.63, 3.8) is 0 Å². The second kappa shape index (κ2) is 6.61. The Balaban J connectivity index is 2.13. The van der Waals surface area contributed by atoms with E-state index in [2.05, 4.69) is 9.97 Å². The predicted molar refractivity (Wildman–Crippen MR) is 70.2 cm³/mol. The Morgan fingerprint density at radius 2 is 2.16 bits per heavy atom. The highest BCUT2D eigenvalue weighted by molar-refractivity contribution is 5.90. The van der Waals surface area contributed by atoms with E-state index >= 15 is 0 Å². The summed E-state index contributed by atoms with van der Waals surface area (Å²) in [4.78, 5) is 20.6. The fraction of sp³-hybridized carbons (Fsp3) is 0.643. The number of nitrogens with zero attached hydrogens (tertiary/aromatic N) is 2. The van der Waals surface area contributed by atoms with E-state index in [0.29, 0.717) is 37.7 Å². The van der Waals surface area contributed by atoms with Crippen molar-refractivity contribution < 1.29 is 14.3 Å². The maximum atomic E-state index is 11.8. The van der Waals surface area contributed by atoms with Crippen molar-refractivity contribution in [2.24, 2.45) is 0 Å². The summed E-state index contributed by atoms with van der Waals surface area (Å²) in [6.45, 7) is 5.43. The molecule has 0 atom stereocenters. The molecule has 1 fully saturated rings. The molecule has 0 aromatic carbocycles. The Labute approximate surface area is 113 Å². The van der Waals surface area contributed by atoms with E-state index < -0.39 is 0 Å². The summed E-state index contributed by atoms with van der Waals surface area (Å²) in [5.74, 6) is 0.817. The number of ether oxygens (including phenoxy) is 2. The molecule has 0 N–H and O–H groups in total. The second-order valence-corrected chi connectivity index (χ2v) is 4.53. The zero-order chi connectivity index (χ0) is 13.7. The summed E-state index contributed by atoms with van der Waals surface area (Å²) in [5.41, 5.74) is 1.37. The molecule has 0 saturated heterocycles. The number of carbonyl (C=O) groups excluding carboxylic acids is 1. The quantitative estimate of drug-likeness (QED) is 0.557. The molecule has 1 saturated carbocycles. The minimum absolute atomic E-state index is 0.319. The van der Waals surface area contributed by atoms with Gasteiger partial charge >= 0.3 is 5.97 Å². The Morgan fingerprint density at radius 3 is 2.79 bits per heavy atom. The molecule has 2 rings (SSSR count). The van der Waals surface area contributed by atoms with Crippen molar-refractivity contribution in [1.29, 1.82) is 0 Å². The van der Waals surface area contributed by atoms with E-state index in [1.165, 1.54) is 0 Å². The van der Waals surface area contributed by atoms with Crippen molar-refractivity contribution in [1.82, 2.24) is 9.97 Å². The molecule has 104 valence electrons. The largest absolute Gasteiger partial charge is 0.462 e. The van der Waals surface area contributed by atoms with Gasteiger partial charge in [0.25, 0.3) is 0 Å². The van der Waals surface area contributed by atoms with Crippen LogP contribution in [0.15, 0.2) is 6.20 Å². The zero-order valence-electron chi connectivity index (χ0n) is 11.5. The molecule has 1 aliphatic carbocycles. The smallest absolute Gasteiger partial charge is 0.341 e. The number of rotatable bonds is 7. The van der Waals surface area contributed by atoms with Gasteiger partial charge in [-0.2, -0.15) is 0 Å². The van der Waals surface area contributed by atoms with Crippen molar-refractivity contribution >= 4 is 5.97 Å². The lowest BCUT2D eigenvalue weighted by molar-refractivity contribution is 0.0523. The highest BCUT2D eigenvalue weighted by Gasteiger charge is 2.30. The normalized spacial score (nSPS) is 14.4. The standard InChI is InChI=1S/C14H20N2O3/c1-3-18-8-7-12-15-9-11(14(17)19-4-2)13(16-12)10-5-6-10/h9-10H,3-8H2,1-2H3. The van der Waals surface area contributed by atoms with Crippen molar-refractivity contribution in [3.8, 4) is 0 Å². The minimum Gasteiger partial charge on any atom is -0.462 e. The van der Waals surface area contributed by atoms with Crippen LogP contribution < -0.4 is 0 Å². The fourth-order valence-electron chi connectivity index (χ4n) is 1.90. The number of aromatic nitrogens is 2. The molecule has 0 unspecified atom stereocenters. The van der Waals surface area contributed by atoms with Gasteiger partial charge < -0.3 is 9.47 Å². The molecule has 5 heteroatoms. The average Bonchev–Trinajstić information content (AvgIpc) is 3.23. The highest BCUT2D eigenvalue weighted by atomic mass is 16.5. The van der Waals surface area contributed by atoms with Crippen LogP contribution in [-0.4, -0.2) is 35.8 Å². The van der Waals surface area contributed by atoms with E-state index in [1.54, 1.807) is 13.1 Å². The summed E-state index contributed by atoms with van der Waals surface area (Å²) in [7, 11) is 0. The fourth-order valence-corrected chi connectivity index (χ4v) is 1.90. The lowest BCUT2D eigenvalue weighted by Gasteiger charge is -2.09. The third-order valence-electron chi connectivity index (χ3n) is 3.00. The van der Waals surface area contributed by atoms with Crippen LogP contribution in [0.5, 0.6) is 0 Å². The molecular formula is C14H20N2O3. The molecule has 0 aliphatic heterocycles. The molecule has 1 aliphatic rings. The summed E-state index contributed by atoms with van der Waals surface area (Å²) >= 11 is 0. The molecular weight excluding hydrogens is 244 g/mol. The van der Waals surface area contributed by atoms with E-state index in [-0.39, 0.29) is 5.97 Å². The first-order valence-electron chi connectivity index (χ1n) is 6.86. The maximum absolute atomic E-state index is 11.8. The number of hydrogen-bond acceptors (Lipinski definition) is 5. The van der Waals surface area contributed by atoms with Crippen LogP contribution in [0.25, 0.3) is 0 Å². The summed E-state index contributed by atoms with van der Waals surface area (Å²) in [6, 6.07) is 0. The molecule has 1 heterocycles. The van der Waals surface area contributed by atoms with Gasteiger partial charge in [-0.15, -0.1) is 0 Å². The summed E-state index contributed by atoms with van der Waals surface area (Å²) in [6.07, 6.45) is 4.46. The van der Waals surface area contributed by atoms with E-state index in [0.717, 1.165) is 24.4 Å². The predicted octanol–water partition coefficient (Wildman–Crippen LogP) is 2.11. The average molecular weight is 264 g/mol. The molecule has 0 radical (unpaired) electrons. The lowest BCUT2D eigenvalue weighted by Crippen LogP contribution is -2.13. The first kappa shape index (κ1) is 13.9. The van der Waals surface area contributed by atoms with E-state index in [1.807, 2.05) is 6.92 Å². The van der Waals surface area contributed by atoms with Gasteiger partial charge in [0.15, 0.2) is 0 Å². The third kappa shape index (κ3) is 3.73. The number of esters is 1. The van der Waals surface area contributed by atoms with Gasteiger partial charge in [-0.05, 0) is 26.7 Å². The summed E-state index contributed by atoms with van der Waals surface area (Å²) < 4.78 is 10.3. The summed E-state index contributed by atoms with van der Waals surface area (Å²) in [5, 5.41) is 0. The lowest BCUT2D eigenvalue weighted by atomic mass is 10.1. The van der Waals surface area contributed by atoms with Crippen molar-refractivity contribution in [2.75, 3.05) is 19.8 Å². The molecule has 0 bridgehead atoms. The van der Waals surface area contributed by atoms with Gasteiger partial charge in [0, 0.05) is 25.1 Å². The highest BCUT2D eigenvalue weighted by Crippen LogP contribution is 2.40. The Kier molecular flexibility index (Phi) is 4.85. The van der Waals surface area contributed by atoms with Crippen molar-refractivity contribution in [3.05, 3.63) is 23.3 Å². The van der Waals surface area contributed by atoms with E-state index in [9.17, 15) is 4.79 Å². The van der Waals surface area contributed by atoms with Crippen LogP contribution in [0.2, 0.25) is 0 Å². The zero-order valence-corrected chi connectivity index (χ0v) is 11.5. The Hall–Kier alpha value is -1.49. The van der Waals surface area contributed by atoms with Crippen LogP contribution >= 0.6 is 0 Å². The first-order chi connectivity index (χ1) is 9.26. The topological polar surface area (TPSA) is 61.3 Å². The van der Waals surface area contributed by atoms with Crippen molar-refractivity contribution in [2.45, 2.75) is 39.0 Å². The molecule has 1 aromatic heterocycles. The molecule has 0 amide bonds. The van der Waals surface area contributed by atoms with E-state index in [4.69, 9.17) is 9.47 Å². The van der Waals surface area contributed by atoms with Crippen LogP contribution in [0.3, 0.4) is 0 Å². The minimum atomic E-state index is -0.319. The molecule has 0 spiro atoms. The van der Waals surface area contributed by atoms with Gasteiger partial charge in [0.1, 0.15) is 5.82 Å². The van der Waals surface area contributed by atoms with Crippen LogP contribution in [0.4, 0.5) is 0 Å².